The van der Waals surface area contributed by atoms with E-state index in [1.165, 1.54) is 13.2 Å². The summed E-state index contributed by atoms with van der Waals surface area (Å²) in [6, 6.07) is 11.9. The maximum atomic E-state index is 11.1. The maximum Gasteiger partial charge on any atom is 0.339 e. The molecule has 0 aliphatic carbocycles. The SMILES string of the molecule is COc1ccc(COc2cccc(Cl)c2)cc1C(=O)O. The highest BCUT2D eigenvalue weighted by Crippen LogP contribution is 2.22. The van der Waals surface area contributed by atoms with Crippen LogP contribution in [0.4, 0.5) is 0 Å². The minimum Gasteiger partial charge on any atom is -0.496 e. The van der Waals surface area contributed by atoms with Crippen molar-refractivity contribution >= 4 is 17.6 Å². The van der Waals surface area contributed by atoms with Crippen molar-refractivity contribution in [2.45, 2.75) is 6.61 Å². The van der Waals surface area contributed by atoms with Crippen molar-refractivity contribution in [3.05, 3.63) is 58.6 Å². The molecule has 20 heavy (non-hydrogen) atoms. The molecule has 0 saturated carbocycles. The van der Waals surface area contributed by atoms with E-state index in [1.54, 1.807) is 36.4 Å². The predicted molar refractivity (Wildman–Crippen MR) is 75.7 cm³/mol. The molecule has 2 rings (SSSR count). The predicted octanol–water partition coefficient (Wildman–Crippen LogP) is 3.63. The van der Waals surface area contributed by atoms with Gasteiger partial charge < -0.3 is 14.6 Å². The first kappa shape index (κ1) is 14.2. The van der Waals surface area contributed by atoms with E-state index in [9.17, 15) is 4.79 Å². The lowest BCUT2D eigenvalue weighted by atomic mass is 10.1. The molecule has 104 valence electrons. The lowest BCUT2D eigenvalue weighted by Gasteiger charge is -2.09. The molecule has 2 aromatic carbocycles. The summed E-state index contributed by atoms with van der Waals surface area (Å²) in [7, 11) is 1.43. The van der Waals surface area contributed by atoms with Gasteiger partial charge in [-0.3, -0.25) is 0 Å². The van der Waals surface area contributed by atoms with Gasteiger partial charge in [-0.05, 0) is 35.9 Å². The molecule has 0 saturated heterocycles. The molecule has 0 spiro atoms. The molecule has 0 aliphatic heterocycles. The average molecular weight is 293 g/mol. The molecule has 4 nitrogen and oxygen atoms in total. The largest absolute Gasteiger partial charge is 0.496 e. The minimum absolute atomic E-state index is 0.111. The monoisotopic (exact) mass is 292 g/mol. The number of rotatable bonds is 5. The zero-order valence-corrected chi connectivity index (χ0v) is 11.6. The smallest absolute Gasteiger partial charge is 0.339 e. The fourth-order valence-corrected chi connectivity index (χ4v) is 1.92. The molecule has 0 aliphatic rings. The lowest BCUT2D eigenvalue weighted by Crippen LogP contribution is -2.03. The van der Waals surface area contributed by atoms with Gasteiger partial charge in [-0.1, -0.05) is 23.7 Å². The summed E-state index contributed by atoms with van der Waals surface area (Å²) in [5.41, 5.74) is 0.850. The standard InChI is InChI=1S/C15H13ClO4/c1-19-14-6-5-10(7-13(14)15(17)18)9-20-12-4-2-3-11(16)8-12/h2-8H,9H2,1H3,(H,17,18). The second-order valence-corrected chi connectivity index (χ2v) is 4.52. The van der Waals surface area contributed by atoms with Crippen molar-refractivity contribution in [3.8, 4) is 11.5 Å². The zero-order valence-electron chi connectivity index (χ0n) is 10.8. The minimum atomic E-state index is -1.04. The summed E-state index contributed by atoms with van der Waals surface area (Å²) >= 11 is 5.86. The first-order valence-electron chi connectivity index (χ1n) is 5.88. The van der Waals surface area contributed by atoms with Crippen LogP contribution in [0.25, 0.3) is 0 Å². The fourth-order valence-electron chi connectivity index (χ4n) is 1.74. The molecule has 1 N–H and O–H groups in total. The van der Waals surface area contributed by atoms with Crippen LogP contribution in [0.3, 0.4) is 0 Å². The van der Waals surface area contributed by atoms with Crippen LogP contribution in [0.2, 0.25) is 5.02 Å². The van der Waals surface area contributed by atoms with Gasteiger partial charge in [0, 0.05) is 5.02 Å². The first-order chi connectivity index (χ1) is 9.60. The summed E-state index contributed by atoms with van der Waals surface area (Å²) in [5, 5.41) is 9.69. The molecule has 2 aromatic rings. The molecule has 0 radical (unpaired) electrons. The molecule has 0 aromatic heterocycles. The second-order valence-electron chi connectivity index (χ2n) is 4.09. The number of methoxy groups -OCH3 is 1. The Balaban J connectivity index is 2.14. The van der Waals surface area contributed by atoms with E-state index in [0.717, 1.165) is 5.56 Å². The van der Waals surface area contributed by atoms with E-state index >= 15 is 0 Å². The summed E-state index contributed by atoms with van der Waals surface area (Å²) in [6.45, 7) is 0.255. The Morgan fingerprint density at radius 2 is 2.05 bits per heavy atom. The van der Waals surface area contributed by atoms with Crippen LogP contribution in [-0.2, 0) is 6.61 Å². The summed E-state index contributed by atoms with van der Waals surface area (Å²) < 4.78 is 10.6. The lowest BCUT2D eigenvalue weighted by molar-refractivity contribution is 0.0693. The topological polar surface area (TPSA) is 55.8 Å². The Kier molecular flexibility index (Phi) is 4.48. The maximum absolute atomic E-state index is 11.1. The normalized spacial score (nSPS) is 10.1. The highest BCUT2D eigenvalue weighted by atomic mass is 35.5. The van der Waals surface area contributed by atoms with Crippen LogP contribution in [0.15, 0.2) is 42.5 Å². The molecule has 5 heteroatoms. The van der Waals surface area contributed by atoms with Gasteiger partial charge >= 0.3 is 5.97 Å². The van der Waals surface area contributed by atoms with Crippen molar-refractivity contribution in [2.24, 2.45) is 0 Å². The first-order valence-corrected chi connectivity index (χ1v) is 6.26. The van der Waals surface area contributed by atoms with E-state index in [4.69, 9.17) is 26.2 Å². The number of aromatic carboxylic acids is 1. The van der Waals surface area contributed by atoms with E-state index in [2.05, 4.69) is 0 Å². The van der Waals surface area contributed by atoms with Crippen LogP contribution in [0, 0.1) is 0 Å². The zero-order chi connectivity index (χ0) is 14.5. The number of carboxylic acid groups (broad SMARTS) is 1. The number of halogens is 1. The molecule has 0 amide bonds. The summed E-state index contributed by atoms with van der Waals surface area (Å²) in [4.78, 5) is 11.1. The van der Waals surface area contributed by atoms with Crippen molar-refractivity contribution in [3.63, 3.8) is 0 Å². The molecule has 0 fully saturated rings. The molecule has 0 atom stereocenters. The Labute approximate surface area is 121 Å². The van der Waals surface area contributed by atoms with E-state index < -0.39 is 5.97 Å². The van der Waals surface area contributed by atoms with Gasteiger partial charge in [0.1, 0.15) is 23.7 Å². The Bertz CT molecular complexity index is 625. The van der Waals surface area contributed by atoms with Crippen molar-refractivity contribution in [2.75, 3.05) is 7.11 Å². The molecular weight excluding hydrogens is 280 g/mol. The van der Waals surface area contributed by atoms with Gasteiger partial charge in [-0.2, -0.15) is 0 Å². The average Bonchev–Trinajstić information content (AvgIpc) is 2.45. The third-order valence-corrected chi connectivity index (χ3v) is 2.93. The number of benzene rings is 2. The molecule has 0 unspecified atom stereocenters. The van der Waals surface area contributed by atoms with Gasteiger partial charge in [-0.25, -0.2) is 4.79 Å². The van der Waals surface area contributed by atoms with Crippen molar-refractivity contribution in [1.29, 1.82) is 0 Å². The number of carbonyl (C=O) groups is 1. The van der Waals surface area contributed by atoms with Gasteiger partial charge in [0.2, 0.25) is 0 Å². The van der Waals surface area contributed by atoms with Gasteiger partial charge in [0.15, 0.2) is 0 Å². The highest BCUT2D eigenvalue weighted by molar-refractivity contribution is 6.30. The van der Waals surface area contributed by atoms with Crippen LogP contribution in [0.1, 0.15) is 15.9 Å². The Morgan fingerprint density at radius 1 is 1.25 bits per heavy atom. The van der Waals surface area contributed by atoms with Crippen molar-refractivity contribution in [1.82, 2.24) is 0 Å². The van der Waals surface area contributed by atoms with Crippen molar-refractivity contribution < 1.29 is 19.4 Å². The van der Waals surface area contributed by atoms with Crippen LogP contribution in [0.5, 0.6) is 11.5 Å². The Hall–Kier alpha value is -2.20. The number of hydrogen-bond donors (Lipinski definition) is 1. The van der Waals surface area contributed by atoms with E-state index in [-0.39, 0.29) is 12.2 Å². The van der Waals surface area contributed by atoms with Gasteiger partial charge in [-0.15, -0.1) is 0 Å². The van der Waals surface area contributed by atoms with Crippen LogP contribution < -0.4 is 9.47 Å². The molecule has 0 heterocycles. The van der Waals surface area contributed by atoms with Crippen LogP contribution >= 0.6 is 11.6 Å². The summed E-state index contributed by atoms with van der Waals surface area (Å²) in [5.74, 6) is -0.0827. The van der Waals surface area contributed by atoms with Gasteiger partial charge in [0.05, 0.1) is 7.11 Å². The third kappa shape index (κ3) is 3.42. The van der Waals surface area contributed by atoms with Gasteiger partial charge in [0.25, 0.3) is 0 Å². The molecular formula is C15H13ClO4. The molecule has 0 bridgehead atoms. The quantitative estimate of drug-likeness (QED) is 0.914. The summed E-state index contributed by atoms with van der Waals surface area (Å²) in [6.07, 6.45) is 0. The fraction of sp³-hybridized carbons (Fsp3) is 0.133. The number of hydrogen-bond acceptors (Lipinski definition) is 3. The third-order valence-electron chi connectivity index (χ3n) is 2.70. The van der Waals surface area contributed by atoms with E-state index in [1.807, 2.05) is 0 Å². The Morgan fingerprint density at radius 3 is 2.70 bits per heavy atom. The van der Waals surface area contributed by atoms with E-state index in [0.29, 0.717) is 16.5 Å². The number of carboxylic acids is 1. The van der Waals surface area contributed by atoms with Crippen LogP contribution in [-0.4, -0.2) is 18.2 Å². The number of ether oxygens (including phenoxy) is 2. The highest BCUT2D eigenvalue weighted by Gasteiger charge is 2.11. The second kappa shape index (κ2) is 6.30.